The average molecular weight is 486 g/mol. The lowest BCUT2D eigenvalue weighted by Crippen LogP contribution is -2.50. The number of rotatable bonds is 4. The van der Waals surface area contributed by atoms with E-state index in [1.807, 2.05) is 41.6 Å². The SMILES string of the molecule is Cc1ccc(Cl)cc1C1=CNc2cc(C(=O)N3CC(Cc4cncnc4)C3)ccc2C2CCCN12. The van der Waals surface area contributed by atoms with Crippen molar-refractivity contribution in [3.05, 3.63) is 94.2 Å². The Kier molecular flexibility index (Phi) is 5.69. The van der Waals surface area contributed by atoms with Crippen LogP contribution >= 0.6 is 11.6 Å². The Bertz CT molecular complexity index is 1300. The van der Waals surface area contributed by atoms with Gasteiger partial charge in [-0.05, 0) is 73.1 Å². The fraction of sp³-hybridized carbons (Fsp3) is 0.321. The molecule has 6 nitrogen and oxygen atoms in total. The highest BCUT2D eigenvalue weighted by molar-refractivity contribution is 6.30. The Morgan fingerprint density at radius 1 is 1.14 bits per heavy atom. The Morgan fingerprint density at radius 2 is 1.97 bits per heavy atom. The number of hydrogen-bond acceptors (Lipinski definition) is 5. The summed E-state index contributed by atoms with van der Waals surface area (Å²) in [6.45, 7) is 4.67. The summed E-state index contributed by atoms with van der Waals surface area (Å²) in [7, 11) is 0. The number of halogens is 1. The van der Waals surface area contributed by atoms with Gasteiger partial charge >= 0.3 is 0 Å². The van der Waals surface area contributed by atoms with E-state index >= 15 is 0 Å². The van der Waals surface area contributed by atoms with Crippen LogP contribution in [-0.4, -0.2) is 45.3 Å². The molecular formula is C28H28ClN5O. The van der Waals surface area contributed by atoms with Gasteiger partial charge in [-0.25, -0.2) is 9.97 Å². The smallest absolute Gasteiger partial charge is 0.253 e. The zero-order valence-electron chi connectivity index (χ0n) is 19.7. The fourth-order valence-corrected chi connectivity index (χ4v) is 5.80. The second kappa shape index (κ2) is 9.00. The number of benzene rings is 2. The van der Waals surface area contributed by atoms with Crippen molar-refractivity contribution < 1.29 is 4.79 Å². The second-order valence-electron chi connectivity index (χ2n) is 9.81. The molecule has 0 spiro atoms. The van der Waals surface area contributed by atoms with Crippen LogP contribution in [0.15, 0.2) is 61.3 Å². The summed E-state index contributed by atoms with van der Waals surface area (Å²) in [6, 6.07) is 12.5. The normalized spacial score (nSPS) is 19.3. The molecule has 7 heteroatoms. The molecule has 0 saturated carbocycles. The maximum Gasteiger partial charge on any atom is 0.253 e. The number of carbonyl (C=O) groups is 1. The molecule has 3 aliphatic heterocycles. The van der Waals surface area contributed by atoms with Crippen LogP contribution in [-0.2, 0) is 6.42 Å². The van der Waals surface area contributed by atoms with Gasteiger partial charge in [0.25, 0.3) is 5.91 Å². The quantitative estimate of drug-likeness (QED) is 0.542. The molecule has 0 aliphatic carbocycles. The van der Waals surface area contributed by atoms with Gasteiger partial charge < -0.3 is 15.1 Å². The summed E-state index contributed by atoms with van der Waals surface area (Å²) >= 11 is 6.35. The first-order valence-corrected chi connectivity index (χ1v) is 12.6. The standard InChI is InChI=1S/C28H28ClN5O/c1-18-4-6-22(29)11-24(18)27-14-32-25-10-21(5-7-23(25)26-3-2-8-34(26)27)28(35)33-15-20(16-33)9-19-12-30-17-31-13-19/h4-7,10-14,17,20,26,32H,2-3,8-9,15-16H2,1H3. The van der Waals surface area contributed by atoms with Gasteiger partial charge in [0.2, 0.25) is 0 Å². The first-order valence-electron chi connectivity index (χ1n) is 12.2. The van der Waals surface area contributed by atoms with Crippen LogP contribution < -0.4 is 5.32 Å². The van der Waals surface area contributed by atoms with E-state index in [2.05, 4.69) is 45.4 Å². The van der Waals surface area contributed by atoms with Crippen LogP contribution in [0.5, 0.6) is 0 Å². The summed E-state index contributed by atoms with van der Waals surface area (Å²) in [4.78, 5) is 25.8. The summed E-state index contributed by atoms with van der Waals surface area (Å²) in [5.74, 6) is 0.556. The largest absolute Gasteiger partial charge is 0.363 e. The molecule has 35 heavy (non-hydrogen) atoms. The van der Waals surface area contributed by atoms with Gasteiger partial charge in [-0.1, -0.05) is 23.7 Å². The maximum atomic E-state index is 13.2. The van der Waals surface area contributed by atoms with Crippen LogP contribution in [0.2, 0.25) is 5.02 Å². The van der Waals surface area contributed by atoms with Crippen LogP contribution in [0, 0.1) is 12.8 Å². The molecule has 1 atom stereocenters. The molecule has 0 radical (unpaired) electrons. The third kappa shape index (κ3) is 4.16. The van der Waals surface area contributed by atoms with E-state index in [4.69, 9.17) is 11.6 Å². The monoisotopic (exact) mass is 485 g/mol. The molecule has 178 valence electrons. The molecule has 2 aromatic carbocycles. The molecular weight excluding hydrogens is 458 g/mol. The lowest BCUT2D eigenvalue weighted by atomic mass is 9.92. The Balaban J connectivity index is 1.22. The van der Waals surface area contributed by atoms with E-state index in [0.717, 1.165) is 72.0 Å². The molecule has 3 aliphatic rings. The van der Waals surface area contributed by atoms with Gasteiger partial charge in [-0.3, -0.25) is 4.79 Å². The van der Waals surface area contributed by atoms with E-state index in [1.165, 1.54) is 11.1 Å². The van der Waals surface area contributed by atoms with E-state index < -0.39 is 0 Å². The first-order chi connectivity index (χ1) is 17.1. The Labute approximate surface area is 210 Å². The predicted molar refractivity (Wildman–Crippen MR) is 138 cm³/mol. The average Bonchev–Trinajstić information content (AvgIpc) is 3.27. The van der Waals surface area contributed by atoms with Gasteiger partial charge in [-0.2, -0.15) is 0 Å². The topological polar surface area (TPSA) is 61.4 Å². The Morgan fingerprint density at radius 3 is 2.80 bits per heavy atom. The van der Waals surface area contributed by atoms with Crippen molar-refractivity contribution in [2.24, 2.45) is 5.92 Å². The van der Waals surface area contributed by atoms with Gasteiger partial charge in [0, 0.05) is 60.1 Å². The van der Waals surface area contributed by atoms with Crippen LogP contribution in [0.25, 0.3) is 5.70 Å². The van der Waals surface area contributed by atoms with E-state index in [9.17, 15) is 4.79 Å². The third-order valence-electron chi connectivity index (χ3n) is 7.44. The molecule has 3 aromatic rings. The summed E-state index contributed by atoms with van der Waals surface area (Å²) in [5, 5.41) is 4.27. The van der Waals surface area contributed by atoms with Crippen LogP contribution in [0.1, 0.15) is 51.5 Å². The highest BCUT2D eigenvalue weighted by Gasteiger charge is 2.34. The van der Waals surface area contributed by atoms with Crippen molar-refractivity contribution >= 4 is 28.9 Å². The number of hydrogen-bond donors (Lipinski definition) is 1. The second-order valence-corrected chi connectivity index (χ2v) is 10.3. The van der Waals surface area contributed by atoms with Gasteiger partial charge in [0.1, 0.15) is 6.33 Å². The molecule has 0 bridgehead atoms. The number of amides is 1. The van der Waals surface area contributed by atoms with Crippen molar-refractivity contribution in [1.82, 2.24) is 19.8 Å². The van der Waals surface area contributed by atoms with E-state index in [1.54, 1.807) is 6.33 Å². The summed E-state index contributed by atoms with van der Waals surface area (Å²) < 4.78 is 0. The lowest BCUT2D eigenvalue weighted by molar-refractivity contribution is 0.0501. The minimum atomic E-state index is 0.0950. The van der Waals surface area contributed by atoms with E-state index in [0.29, 0.717) is 5.92 Å². The molecule has 1 aromatic heterocycles. The number of aryl methyl sites for hydroxylation is 1. The zero-order valence-corrected chi connectivity index (χ0v) is 20.5. The van der Waals surface area contributed by atoms with Crippen molar-refractivity contribution in [3.63, 3.8) is 0 Å². The molecule has 2 fully saturated rings. The molecule has 1 amide bonds. The molecule has 1 unspecified atom stereocenters. The third-order valence-corrected chi connectivity index (χ3v) is 7.68. The number of nitrogens with one attached hydrogen (secondary N) is 1. The molecule has 1 N–H and O–H groups in total. The van der Waals surface area contributed by atoms with Crippen LogP contribution in [0.3, 0.4) is 0 Å². The number of aromatic nitrogens is 2. The van der Waals surface area contributed by atoms with Gasteiger partial charge in [-0.15, -0.1) is 0 Å². The van der Waals surface area contributed by atoms with E-state index in [-0.39, 0.29) is 11.9 Å². The number of carbonyl (C=O) groups excluding carboxylic acids is 1. The Hall–Kier alpha value is -3.38. The van der Waals surface area contributed by atoms with Gasteiger partial charge in [0.15, 0.2) is 0 Å². The fourth-order valence-electron chi connectivity index (χ4n) is 5.63. The highest BCUT2D eigenvalue weighted by atomic mass is 35.5. The highest BCUT2D eigenvalue weighted by Crippen LogP contribution is 2.44. The number of fused-ring (bicyclic) bond motifs is 3. The number of anilines is 1. The molecule has 4 heterocycles. The first kappa shape index (κ1) is 22.1. The van der Waals surface area contributed by atoms with Gasteiger partial charge in [0.05, 0.1) is 11.7 Å². The van der Waals surface area contributed by atoms with Crippen molar-refractivity contribution in [2.45, 2.75) is 32.2 Å². The number of likely N-dealkylation sites (tertiary alicyclic amines) is 1. The number of nitrogens with zero attached hydrogens (tertiary/aromatic N) is 4. The summed E-state index contributed by atoms with van der Waals surface area (Å²) in [6.07, 6.45) is 10.5. The maximum absolute atomic E-state index is 13.2. The minimum absolute atomic E-state index is 0.0950. The molecule has 6 rings (SSSR count). The molecule has 2 saturated heterocycles. The summed E-state index contributed by atoms with van der Waals surface area (Å²) in [5.41, 5.74) is 7.62. The minimum Gasteiger partial charge on any atom is -0.363 e. The van der Waals surface area contributed by atoms with Crippen molar-refractivity contribution in [1.29, 1.82) is 0 Å². The zero-order chi connectivity index (χ0) is 23.9. The van der Waals surface area contributed by atoms with Crippen LogP contribution in [0.4, 0.5) is 5.69 Å². The predicted octanol–water partition coefficient (Wildman–Crippen LogP) is 5.31. The van der Waals surface area contributed by atoms with Crippen molar-refractivity contribution in [2.75, 3.05) is 25.0 Å². The van der Waals surface area contributed by atoms with Crippen molar-refractivity contribution in [3.8, 4) is 0 Å². The lowest BCUT2D eigenvalue weighted by Gasteiger charge is -2.39.